The van der Waals surface area contributed by atoms with E-state index in [2.05, 4.69) is 24.3 Å². The zero-order valence-corrected chi connectivity index (χ0v) is 12.0. The van der Waals surface area contributed by atoms with Crippen molar-refractivity contribution in [3.63, 3.8) is 0 Å². The largest absolute Gasteiger partial charge is 1.00 e. The monoisotopic (exact) mass is 378 g/mol. The maximum Gasteiger partial charge on any atom is 1.00 e. The molecule has 0 atom stereocenters. The van der Waals surface area contributed by atoms with Gasteiger partial charge in [0.25, 0.3) is 5.78 Å². The molecular weight excluding hydrogens is 366 g/mol. The van der Waals surface area contributed by atoms with Crippen LogP contribution < -0.4 is 5.11 Å². The molecule has 0 N–H and O–H groups in total. The third-order valence-corrected chi connectivity index (χ3v) is 2.15. The Labute approximate surface area is 134 Å². The van der Waals surface area contributed by atoms with Crippen molar-refractivity contribution in [1.29, 1.82) is 0 Å². The molecule has 0 aromatic rings. The fraction of sp³-hybridized carbons (Fsp3) is 0.462. The first kappa shape index (κ1) is 23.1. The predicted octanol–water partition coefficient (Wildman–Crippen LogP) is 3.59. The van der Waals surface area contributed by atoms with E-state index in [-0.39, 0.29) is 17.1 Å². The van der Waals surface area contributed by atoms with Crippen molar-refractivity contribution in [2.24, 2.45) is 0 Å². The predicted molar refractivity (Wildman–Crippen MR) is 61.9 cm³/mol. The average molecular weight is 379 g/mol. The Balaban J connectivity index is 0. The summed E-state index contributed by atoms with van der Waals surface area (Å²) < 4.78 is 67.8. The number of hydrogen-bond acceptors (Lipinski definition) is 2. The van der Waals surface area contributed by atoms with Crippen molar-refractivity contribution in [3.05, 3.63) is 36.1 Å². The zero-order valence-electron chi connectivity index (χ0n) is 11.1. The van der Waals surface area contributed by atoms with Crippen molar-refractivity contribution in [2.75, 3.05) is 0 Å². The van der Waals surface area contributed by atoms with Gasteiger partial charge in [-0.1, -0.05) is 24.3 Å². The van der Waals surface area contributed by atoms with E-state index in [0.717, 1.165) is 0 Å². The molecule has 1 rings (SSSR count). The number of hydrogen-bond donors (Lipinski definition) is 0. The molecule has 1 aliphatic carbocycles. The van der Waals surface area contributed by atoms with Gasteiger partial charge >= 0.3 is 29.4 Å². The van der Waals surface area contributed by atoms with E-state index in [4.69, 9.17) is 0 Å². The van der Waals surface area contributed by atoms with Gasteiger partial charge in [0.1, 0.15) is 0 Å². The summed E-state index contributed by atoms with van der Waals surface area (Å²) in [5.74, 6) is -5.65. The van der Waals surface area contributed by atoms with Crippen LogP contribution in [0.4, 0.5) is 26.3 Å². The molecule has 9 heteroatoms. The van der Waals surface area contributed by atoms with Gasteiger partial charge in [-0.25, -0.2) is 0 Å². The average Bonchev–Trinajstić information content (AvgIpc) is 2.25. The fourth-order valence-corrected chi connectivity index (χ4v) is 1.14. The third-order valence-electron chi connectivity index (χ3n) is 2.15. The molecule has 2 nitrogen and oxygen atoms in total. The number of ketones is 1. The smallest absolute Gasteiger partial charge is 0.869 e. The van der Waals surface area contributed by atoms with Gasteiger partial charge in [-0.2, -0.15) is 26.3 Å². The van der Waals surface area contributed by atoms with Crippen LogP contribution in [0.15, 0.2) is 36.1 Å². The van der Waals surface area contributed by atoms with E-state index in [9.17, 15) is 36.2 Å². The summed E-state index contributed by atoms with van der Waals surface area (Å²) >= 11 is 0. The van der Waals surface area contributed by atoms with Crippen molar-refractivity contribution in [2.45, 2.75) is 38.0 Å². The van der Waals surface area contributed by atoms with Gasteiger partial charge in [0.15, 0.2) is 0 Å². The second-order valence-corrected chi connectivity index (χ2v) is 3.97. The Kier molecular flexibility index (Phi) is 11.0. The van der Waals surface area contributed by atoms with E-state index in [1.165, 1.54) is 25.7 Å². The Bertz CT molecular complexity index is 395. The summed E-state index contributed by atoms with van der Waals surface area (Å²) in [6, 6.07) is 0. The number of allylic oxidation sites excluding steroid dienone is 6. The van der Waals surface area contributed by atoms with E-state index in [1.807, 2.05) is 0 Å². The van der Waals surface area contributed by atoms with Crippen LogP contribution in [0, 0.1) is 0 Å². The van der Waals surface area contributed by atoms with Gasteiger partial charge in [0.2, 0.25) is 0 Å². The van der Waals surface area contributed by atoms with Crippen LogP contribution >= 0.6 is 0 Å². The van der Waals surface area contributed by atoms with Crippen LogP contribution in [0.25, 0.3) is 0 Å². The minimum atomic E-state index is -5.46. The number of carbonyl (C=O) groups excluding carboxylic acids is 1. The van der Waals surface area contributed by atoms with Crippen molar-refractivity contribution in [3.8, 4) is 0 Å². The van der Waals surface area contributed by atoms with Crippen LogP contribution in [0.2, 0.25) is 0 Å². The van der Waals surface area contributed by atoms with Crippen molar-refractivity contribution < 1.29 is 53.3 Å². The van der Waals surface area contributed by atoms with Gasteiger partial charge in [-0.15, -0.1) is 0 Å². The quantitative estimate of drug-likeness (QED) is 0.230. The Morgan fingerprint density at radius 3 is 1.36 bits per heavy atom. The molecule has 0 radical (unpaired) electrons. The summed E-state index contributed by atoms with van der Waals surface area (Å²) in [5, 5.41) is 9.82. The van der Waals surface area contributed by atoms with Gasteiger partial charge in [-0.05, 0) is 37.5 Å². The molecule has 0 saturated carbocycles. The van der Waals surface area contributed by atoms with Gasteiger partial charge < -0.3 is 5.11 Å². The van der Waals surface area contributed by atoms with Gasteiger partial charge in [0, 0.05) is 0 Å². The minimum absolute atomic E-state index is 0. The van der Waals surface area contributed by atoms with Gasteiger partial charge in [0.05, 0.1) is 0 Å². The molecule has 1 aliphatic rings. The minimum Gasteiger partial charge on any atom is -0.869 e. The standard InChI is InChI=1S/C8H12.C5H2F6O2.Cu/c1-2-4-6-8-7-5-3-1;6-4(7,8)2(12)1-3(13)5(9,10)11;/h1-2,7-8H,3-6H2;1,12H;/q;;+1/p-1/b;2-1-;. The van der Waals surface area contributed by atoms with E-state index in [0.29, 0.717) is 0 Å². The molecule has 0 fully saturated rings. The molecule has 0 spiro atoms. The van der Waals surface area contributed by atoms with Gasteiger partial charge in [-0.3, -0.25) is 4.79 Å². The topological polar surface area (TPSA) is 40.1 Å². The van der Waals surface area contributed by atoms with Crippen molar-refractivity contribution in [1.82, 2.24) is 0 Å². The van der Waals surface area contributed by atoms with Crippen LogP contribution in [0.5, 0.6) is 0 Å². The first-order valence-electron chi connectivity index (χ1n) is 5.92. The summed E-state index contributed by atoms with van der Waals surface area (Å²) in [4.78, 5) is 9.82. The van der Waals surface area contributed by atoms with E-state index >= 15 is 0 Å². The Hall–Kier alpha value is -1.21. The van der Waals surface area contributed by atoms with Crippen molar-refractivity contribution >= 4 is 5.78 Å². The van der Waals surface area contributed by atoms with E-state index < -0.39 is 30.0 Å². The molecule has 0 unspecified atom stereocenters. The normalized spacial score (nSPS) is 15.8. The molecule has 0 saturated heterocycles. The van der Waals surface area contributed by atoms with E-state index in [1.54, 1.807) is 0 Å². The fourth-order valence-electron chi connectivity index (χ4n) is 1.14. The van der Waals surface area contributed by atoms with Crippen LogP contribution in [0.3, 0.4) is 0 Å². The molecule has 22 heavy (non-hydrogen) atoms. The molecule has 0 aliphatic heterocycles. The molecule has 0 heterocycles. The first-order valence-corrected chi connectivity index (χ1v) is 5.92. The maximum absolute atomic E-state index is 11.3. The third kappa shape index (κ3) is 11.4. The first-order chi connectivity index (χ1) is 9.55. The molecule has 0 bridgehead atoms. The van der Waals surface area contributed by atoms with Crippen LogP contribution in [-0.2, 0) is 21.9 Å². The second-order valence-electron chi connectivity index (χ2n) is 3.97. The number of halogens is 6. The van der Waals surface area contributed by atoms with Crippen LogP contribution in [-0.4, -0.2) is 18.1 Å². The summed E-state index contributed by atoms with van der Waals surface area (Å²) in [6.07, 6.45) is 2.06. The van der Waals surface area contributed by atoms with Crippen LogP contribution in [0.1, 0.15) is 25.7 Å². The Morgan fingerprint density at radius 1 is 0.818 bits per heavy atom. The molecule has 0 aromatic carbocycles. The number of rotatable bonds is 1. The summed E-state index contributed by atoms with van der Waals surface area (Å²) in [5.41, 5.74) is 0. The molecule has 0 aromatic heterocycles. The molecule has 130 valence electrons. The summed E-state index contributed by atoms with van der Waals surface area (Å²) in [7, 11) is 0. The SMILES string of the molecule is C1=CCCC=CCC1.O=C(/C=C(\[O-])C(F)(F)F)C(F)(F)F.[Cu+]. The maximum atomic E-state index is 11.3. The number of carbonyl (C=O) groups is 1. The Morgan fingerprint density at radius 2 is 1.14 bits per heavy atom. The second kappa shape index (κ2) is 10.5. The number of alkyl halides is 6. The molecule has 0 amide bonds. The summed E-state index contributed by atoms with van der Waals surface area (Å²) in [6.45, 7) is 0. The zero-order chi connectivity index (χ0) is 16.5. The molecular formula is C13H13CuF6O2.